The first-order valence-corrected chi connectivity index (χ1v) is 32.7. The molecule has 2 unspecified atom stereocenters. The van der Waals surface area contributed by atoms with E-state index in [0.717, 1.165) is 32.1 Å². The lowest BCUT2D eigenvalue weighted by molar-refractivity contribution is -0.870. The predicted octanol–water partition coefficient (Wildman–Crippen LogP) is 18.8. The summed E-state index contributed by atoms with van der Waals surface area (Å²) >= 11 is 0. The number of esters is 2. The van der Waals surface area contributed by atoms with Gasteiger partial charge < -0.3 is 27.9 Å². The van der Waals surface area contributed by atoms with E-state index >= 15 is 0 Å². The fourth-order valence-corrected chi connectivity index (χ4v) is 10.3. The fraction of sp³-hybridized carbons (Fsp3) is 0.967. The lowest BCUT2D eigenvalue weighted by Crippen LogP contribution is -2.37. The molecule has 2 atom stereocenters. The van der Waals surface area contributed by atoms with Gasteiger partial charge in [0.2, 0.25) is 0 Å². The number of hydrogen-bond acceptors (Lipinski definition) is 8. The third-order valence-electron chi connectivity index (χ3n) is 14.4. The van der Waals surface area contributed by atoms with Gasteiger partial charge in [-0.15, -0.1) is 0 Å². The quantitative estimate of drug-likeness (QED) is 0.0256. The van der Waals surface area contributed by atoms with E-state index in [9.17, 15) is 19.0 Å². The zero-order chi connectivity index (χ0) is 52.0. The average Bonchev–Trinajstić information content (AvgIpc) is 3.33. The minimum absolute atomic E-state index is 0.0250. The van der Waals surface area contributed by atoms with Gasteiger partial charge in [0.25, 0.3) is 7.82 Å². The molecular formula is C61H122NO8P. The summed E-state index contributed by atoms with van der Waals surface area (Å²) in [6.07, 6.45) is 61.6. The van der Waals surface area contributed by atoms with Gasteiger partial charge in [-0.3, -0.25) is 14.2 Å². The molecule has 0 heterocycles. The number of quaternary nitrogens is 1. The maximum atomic E-state index is 12.8. The lowest BCUT2D eigenvalue weighted by Gasteiger charge is -2.28. The summed E-state index contributed by atoms with van der Waals surface area (Å²) in [7, 11) is 1.19. The van der Waals surface area contributed by atoms with Crippen molar-refractivity contribution in [2.45, 2.75) is 335 Å². The Bertz CT molecular complexity index is 1160. The van der Waals surface area contributed by atoms with Crippen LogP contribution in [0.2, 0.25) is 0 Å². The topological polar surface area (TPSA) is 111 Å². The first kappa shape index (κ1) is 70.0. The molecular weight excluding hydrogens is 906 g/mol. The number of ether oxygens (including phenoxy) is 2. The smallest absolute Gasteiger partial charge is 0.306 e. The van der Waals surface area contributed by atoms with E-state index in [0.29, 0.717) is 17.4 Å². The molecule has 0 spiro atoms. The highest BCUT2D eigenvalue weighted by Gasteiger charge is 2.22. The summed E-state index contributed by atoms with van der Waals surface area (Å²) in [5.74, 6) is -0.807. The van der Waals surface area contributed by atoms with Crippen molar-refractivity contribution >= 4 is 19.8 Å². The number of phosphoric ester groups is 1. The molecule has 0 fully saturated rings. The van der Waals surface area contributed by atoms with Crippen molar-refractivity contribution in [3.05, 3.63) is 0 Å². The molecule has 10 heteroatoms. The van der Waals surface area contributed by atoms with Gasteiger partial charge in [-0.1, -0.05) is 303 Å². The number of likely N-dealkylation sites (N-methyl/N-ethyl adjacent to an activating group) is 1. The summed E-state index contributed by atoms with van der Waals surface area (Å²) in [4.78, 5) is 37.9. The second-order valence-electron chi connectivity index (χ2n) is 22.8. The van der Waals surface area contributed by atoms with Gasteiger partial charge in [-0.05, 0) is 12.8 Å². The molecule has 0 aliphatic rings. The van der Waals surface area contributed by atoms with Crippen LogP contribution in [0.1, 0.15) is 328 Å². The Morgan fingerprint density at radius 1 is 0.380 bits per heavy atom. The number of carbonyl (C=O) groups is 2. The summed E-state index contributed by atoms with van der Waals surface area (Å²) in [6, 6.07) is 0. The largest absolute Gasteiger partial charge is 0.756 e. The zero-order valence-electron chi connectivity index (χ0n) is 48.2. The van der Waals surface area contributed by atoms with Gasteiger partial charge in [0, 0.05) is 12.8 Å². The summed E-state index contributed by atoms with van der Waals surface area (Å²) in [5, 5.41) is 0. The molecule has 0 aliphatic carbocycles. The van der Waals surface area contributed by atoms with E-state index in [-0.39, 0.29) is 32.0 Å². The molecule has 0 aliphatic heterocycles. The summed E-state index contributed by atoms with van der Waals surface area (Å²) < 4.78 is 34.2. The van der Waals surface area contributed by atoms with Crippen LogP contribution in [0.3, 0.4) is 0 Å². The van der Waals surface area contributed by atoms with Crippen molar-refractivity contribution in [2.75, 3.05) is 47.5 Å². The summed E-state index contributed by atoms with van der Waals surface area (Å²) in [5.41, 5.74) is 0. The third kappa shape index (κ3) is 58.1. The van der Waals surface area contributed by atoms with Crippen molar-refractivity contribution in [3.63, 3.8) is 0 Å². The Morgan fingerprint density at radius 2 is 0.634 bits per heavy atom. The standard InChI is InChI=1S/C61H122NO8P/c1-6-8-10-12-14-16-18-20-22-24-26-28-30-31-32-34-36-38-40-42-44-46-48-50-52-54-61(64)70-59(58-69-71(65,66)68-56-55-62(3,4)5)57-67-60(63)53-51-49-47-45-43-41-39-37-35-33-29-27-25-23-21-19-17-15-13-11-9-7-2/h59H,6-58H2,1-5H3. The molecule has 0 rings (SSSR count). The van der Waals surface area contributed by atoms with Crippen LogP contribution in [0.4, 0.5) is 0 Å². The van der Waals surface area contributed by atoms with E-state index in [1.807, 2.05) is 21.1 Å². The number of phosphoric acid groups is 1. The maximum Gasteiger partial charge on any atom is 0.306 e. The number of nitrogens with zero attached hydrogens (tertiary/aromatic N) is 1. The van der Waals surface area contributed by atoms with E-state index in [1.165, 1.54) is 263 Å². The fourth-order valence-electron chi connectivity index (χ4n) is 9.54. The normalized spacial score (nSPS) is 13.2. The predicted molar refractivity (Wildman–Crippen MR) is 301 cm³/mol. The van der Waals surface area contributed by atoms with E-state index in [4.69, 9.17) is 18.5 Å². The van der Waals surface area contributed by atoms with E-state index in [2.05, 4.69) is 13.8 Å². The van der Waals surface area contributed by atoms with Gasteiger partial charge >= 0.3 is 11.9 Å². The molecule has 0 aromatic heterocycles. The Balaban J connectivity index is 4.06. The minimum atomic E-state index is -4.63. The number of rotatable bonds is 59. The third-order valence-corrected chi connectivity index (χ3v) is 15.3. The number of hydrogen-bond donors (Lipinski definition) is 0. The van der Waals surface area contributed by atoms with Crippen LogP contribution in [0, 0.1) is 0 Å². The molecule has 71 heavy (non-hydrogen) atoms. The Morgan fingerprint density at radius 3 is 0.901 bits per heavy atom. The maximum absolute atomic E-state index is 12.8. The monoisotopic (exact) mass is 1030 g/mol. The van der Waals surface area contributed by atoms with Crippen LogP contribution in [-0.2, 0) is 32.7 Å². The molecule has 0 saturated heterocycles. The highest BCUT2D eigenvalue weighted by atomic mass is 31.2. The van der Waals surface area contributed by atoms with Gasteiger partial charge in [0.15, 0.2) is 6.10 Å². The van der Waals surface area contributed by atoms with Crippen LogP contribution < -0.4 is 4.89 Å². The second-order valence-corrected chi connectivity index (χ2v) is 24.2. The highest BCUT2D eigenvalue weighted by molar-refractivity contribution is 7.45. The van der Waals surface area contributed by atoms with Crippen LogP contribution in [0.5, 0.6) is 0 Å². The lowest BCUT2D eigenvalue weighted by atomic mass is 10.0. The molecule has 0 radical (unpaired) electrons. The molecule has 0 saturated carbocycles. The molecule has 0 N–H and O–H groups in total. The van der Waals surface area contributed by atoms with E-state index in [1.54, 1.807) is 0 Å². The van der Waals surface area contributed by atoms with Crippen LogP contribution in [-0.4, -0.2) is 70.0 Å². The molecule has 424 valence electrons. The van der Waals surface area contributed by atoms with Crippen molar-refractivity contribution in [2.24, 2.45) is 0 Å². The van der Waals surface area contributed by atoms with Gasteiger partial charge in [0.05, 0.1) is 27.7 Å². The van der Waals surface area contributed by atoms with Crippen molar-refractivity contribution in [3.8, 4) is 0 Å². The molecule has 0 bridgehead atoms. The minimum Gasteiger partial charge on any atom is -0.756 e. The number of unbranched alkanes of at least 4 members (excludes halogenated alkanes) is 45. The molecule has 0 aromatic carbocycles. The zero-order valence-corrected chi connectivity index (χ0v) is 49.1. The summed E-state index contributed by atoms with van der Waals surface area (Å²) in [6.45, 7) is 4.32. The second kappa shape index (κ2) is 53.8. The van der Waals surface area contributed by atoms with Crippen molar-refractivity contribution in [1.29, 1.82) is 0 Å². The van der Waals surface area contributed by atoms with Gasteiger partial charge in [-0.25, -0.2) is 0 Å². The average molecular weight is 1030 g/mol. The van der Waals surface area contributed by atoms with Crippen molar-refractivity contribution in [1.82, 2.24) is 0 Å². The SMILES string of the molecule is CCCCCCCCCCCCCCCCCCCCCCCCCCCC(=O)OC(COC(=O)CCCCCCCCCCCCCCCCCCCCCCCC)COP(=O)([O-])OCC[N+](C)(C)C. The van der Waals surface area contributed by atoms with Crippen LogP contribution >= 0.6 is 7.82 Å². The Labute approximate surface area is 442 Å². The van der Waals surface area contributed by atoms with Crippen LogP contribution in [0.15, 0.2) is 0 Å². The Kier molecular flexibility index (Phi) is 53.1. The number of carbonyl (C=O) groups excluding carboxylic acids is 2. The van der Waals surface area contributed by atoms with Gasteiger partial charge in [0.1, 0.15) is 19.8 Å². The molecule has 0 aromatic rings. The van der Waals surface area contributed by atoms with Crippen LogP contribution in [0.25, 0.3) is 0 Å². The Hall–Kier alpha value is -0.990. The molecule has 0 amide bonds. The first-order chi connectivity index (χ1) is 34.5. The molecule has 9 nitrogen and oxygen atoms in total. The highest BCUT2D eigenvalue weighted by Crippen LogP contribution is 2.38. The first-order valence-electron chi connectivity index (χ1n) is 31.2. The van der Waals surface area contributed by atoms with Gasteiger partial charge in [-0.2, -0.15) is 0 Å². The van der Waals surface area contributed by atoms with E-state index < -0.39 is 26.5 Å². The van der Waals surface area contributed by atoms with Crippen molar-refractivity contribution < 1.29 is 42.1 Å².